The molecule has 120 valence electrons. The summed E-state index contributed by atoms with van der Waals surface area (Å²) in [4.78, 5) is 22.6. The Morgan fingerprint density at radius 2 is 1.90 bits per heavy atom. The van der Waals surface area contributed by atoms with Gasteiger partial charge in [0, 0.05) is 13.0 Å². The summed E-state index contributed by atoms with van der Waals surface area (Å²) in [6.45, 7) is 12.8. The minimum Gasteiger partial charge on any atom is -0.480 e. The van der Waals surface area contributed by atoms with E-state index in [1.165, 1.54) is 0 Å². The van der Waals surface area contributed by atoms with Crippen molar-refractivity contribution in [2.45, 2.75) is 58.3 Å². The third kappa shape index (κ3) is 7.30. The van der Waals surface area contributed by atoms with Crippen LogP contribution in [0.2, 0.25) is 18.1 Å². The highest BCUT2D eigenvalue weighted by Crippen LogP contribution is 2.35. The number of aliphatic carboxylic acids is 1. The van der Waals surface area contributed by atoms with Gasteiger partial charge in [-0.15, -0.1) is 11.5 Å². The third-order valence-electron chi connectivity index (χ3n) is 3.65. The first-order valence-corrected chi connectivity index (χ1v) is 10.1. The molecule has 6 heteroatoms. The zero-order valence-electron chi connectivity index (χ0n) is 13.9. The molecule has 0 fully saturated rings. The maximum atomic E-state index is 11.5. The largest absolute Gasteiger partial charge is 0.480 e. The van der Waals surface area contributed by atoms with Gasteiger partial charge in [0.15, 0.2) is 0 Å². The molecule has 2 N–H and O–H groups in total. The van der Waals surface area contributed by atoms with Gasteiger partial charge in [0.1, 0.15) is 20.7 Å². The molecule has 0 aromatic heterocycles. The highest BCUT2D eigenvalue weighted by molar-refractivity contribution is 6.87. The van der Waals surface area contributed by atoms with Crippen LogP contribution < -0.4 is 5.32 Å². The average molecular weight is 313 g/mol. The average Bonchev–Trinajstić information content (AvgIpc) is 2.33. The smallest absolute Gasteiger partial charge is 0.327 e. The quantitative estimate of drug-likeness (QED) is 0.581. The summed E-state index contributed by atoms with van der Waals surface area (Å²) < 4.78 is 4.95. The van der Waals surface area contributed by atoms with E-state index in [-0.39, 0.29) is 18.1 Å². The third-order valence-corrected chi connectivity index (χ3v) is 8.20. The zero-order valence-corrected chi connectivity index (χ0v) is 14.9. The van der Waals surface area contributed by atoms with E-state index in [9.17, 15) is 9.59 Å². The molecule has 0 saturated carbocycles. The molecule has 0 heterocycles. The van der Waals surface area contributed by atoms with Crippen LogP contribution in [-0.2, 0) is 14.3 Å². The van der Waals surface area contributed by atoms with Crippen molar-refractivity contribution in [3.63, 3.8) is 0 Å². The second-order valence-electron chi connectivity index (χ2n) is 6.48. The number of rotatable bonds is 6. The summed E-state index contributed by atoms with van der Waals surface area (Å²) in [5.41, 5.74) is 3.24. The Balaban J connectivity index is 4.69. The summed E-state index contributed by atoms with van der Waals surface area (Å²) in [6.07, 6.45) is 0.111. The second-order valence-corrected chi connectivity index (χ2v) is 11.5. The van der Waals surface area contributed by atoms with Gasteiger partial charge in [0.2, 0.25) is 5.91 Å². The monoisotopic (exact) mass is 313 g/mol. The Kier molecular flexibility index (Phi) is 7.68. The van der Waals surface area contributed by atoms with Gasteiger partial charge in [-0.1, -0.05) is 33.9 Å². The number of carbonyl (C=O) groups is 2. The lowest BCUT2D eigenvalue weighted by Gasteiger charge is -2.31. The number of nitrogens with one attached hydrogen (secondary N) is 1. The Morgan fingerprint density at radius 1 is 1.33 bits per heavy atom. The van der Waals surface area contributed by atoms with Gasteiger partial charge in [-0.05, 0) is 12.0 Å². The Labute approximate surface area is 128 Å². The number of ether oxygens (including phenoxy) is 1. The number of carboxylic acids is 1. The summed E-state index contributed by atoms with van der Waals surface area (Å²) >= 11 is 0. The minimum atomic E-state index is -1.76. The van der Waals surface area contributed by atoms with Gasteiger partial charge < -0.3 is 15.2 Å². The Bertz CT molecular complexity index is 429. The van der Waals surface area contributed by atoms with E-state index < -0.39 is 26.0 Å². The van der Waals surface area contributed by atoms with Crippen molar-refractivity contribution in [3.05, 3.63) is 0 Å². The van der Waals surface area contributed by atoms with Crippen molar-refractivity contribution >= 4 is 20.0 Å². The van der Waals surface area contributed by atoms with E-state index in [1.807, 2.05) is 0 Å². The van der Waals surface area contributed by atoms with E-state index in [0.717, 1.165) is 0 Å². The normalized spacial score (nSPS) is 13.0. The van der Waals surface area contributed by atoms with E-state index in [0.29, 0.717) is 6.61 Å². The van der Waals surface area contributed by atoms with Crippen LogP contribution in [0.4, 0.5) is 0 Å². The number of carbonyl (C=O) groups excluding carboxylic acids is 1. The van der Waals surface area contributed by atoms with E-state index in [2.05, 4.69) is 50.6 Å². The second kappa shape index (κ2) is 8.20. The fourth-order valence-corrected chi connectivity index (χ4v) is 2.11. The van der Waals surface area contributed by atoms with E-state index in [1.54, 1.807) is 6.92 Å². The van der Waals surface area contributed by atoms with Crippen LogP contribution in [0, 0.1) is 11.5 Å². The number of hydrogen-bond acceptors (Lipinski definition) is 3. The molecule has 0 radical (unpaired) electrons. The molecule has 0 bridgehead atoms. The SMILES string of the molecule is CCOCC(=O)N[C@@H](CC#C[Si](C)(C)C(C)(C)C)C(=O)O. The lowest BCUT2D eigenvalue weighted by Crippen LogP contribution is -2.42. The molecule has 0 rings (SSSR count). The molecule has 1 atom stereocenters. The number of hydrogen-bond donors (Lipinski definition) is 2. The number of amides is 1. The maximum absolute atomic E-state index is 11.5. The Hall–Kier alpha value is -1.32. The van der Waals surface area contributed by atoms with Gasteiger partial charge in [-0.3, -0.25) is 4.79 Å². The van der Waals surface area contributed by atoms with E-state index in [4.69, 9.17) is 9.84 Å². The molecule has 21 heavy (non-hydrogen) atoms. The van der Waals surface area contributed by atoms with Crippen LogP contribution in [0.3, 0.4) is 0 Å². The van der Waals surface area contributed by atoms with Crippen molar-refractivity contribution in [1.82, 2.24) is 5.32 Å². The predicted octanol–water partition coefficient (Wildman–Crippen LogP) is 2.03. The highest BCUT2D eigenvalue weighted by atomic mass is 28.3. The molecule has 5 nitrogen and oxygen atoms in total. The fourth-order valence-electron chi connectivity index (χ4n) is 1.19. The van der Waals surface area contributed by atoms with E-state index >= 15 is 0 Å². The topological polar surface area (TPSA) is 75.6 Å². The fraction of sp³-hybridized carbons (Fsp3) is 0.733. The summed E-state index contributed by atoms with van der Waals surface area (Å²) in [5, 5.41) is 11.7. The Morgan fingerprint density at radius 3 is 2.33 bits per heavy atom. The molecule has 1 amide bonds. The van der Waals surface area contributed by atoms with Gasteiger partial charge in [-0.25, -0.2) is 4.79 Å². The molecular formula is C15H27NO4Si. The molecule has 0 spiro atoms. The predicted molar refractivity (Wildman–Crippen MR) is 85.6 cm³/mol. The van der Waals surface area contributed by atoms with Crippen LogP contribution in [0.5, 0.6) is 0 Å². The first kappa shape index (κ1) is 19.7. The van der Waals surface area contributed by atoms with Gasteiger partial charge in [-0.2, -0.15) is 0 Å². The summed E-state index contributed by atoms with van der Waals surface area (Å²) in [5.74, 6) is 1.44. The lowest BCUT2D eigenvalue weighted by atomic mass is 10.2. The standard InChI is InChI=1S/C15H27NO4Si/c1-7-20-11-13(17)16-12(14(18)19)9-8-10-21(5,6)15(2,3)4/h12H,7,9,11H2,1-6H3,(H,16,17)(H,18,19)/t12-/m0/s1. The van der Waals surface area contributed by atoms with Gasteiger partial charge in [0.25, 0.3) is 0 Å². The molecule has 0 saturated heterocycles. The molecule has 0 unspecified atom stereocenters. The summed E-state index contributed by atoms with van der Waals surface area (Å²) in [6, 6.07) is -0.991. The molecule has 0 aliphatic heterocycles. The molecule has 0 aromatic carbocycles. The first-order chi connectivity index (χ1) is 9.51. The van der Waals surface area contributed by atoms with Crippen molar-refractivity contribution in [2.24, 2.45) is 0 Å². The molecule has 0 aliphatic rings. The van der Waals surface area contributed by atoms with Crippen LogP contribution >= 0.6 is 0 Å². The van der Waals surface area contributed by atoms with Crippen molar-refractivity contribution in [1.29, 1.82) is 0 Å². The van der Waals surface area contributed by atoms with Crippen molar-refractivity contribution in [2.75, 3.05) is 13.2 Å². The van der Waals surface area contributed by atoms with Gasteiger partial charge in [0.05, 0.1) is 0 Å². The van der Waals surface area contributed by atoms with Crippen LogP contribution in [0.15, 0.2) is 0 Å². The van der Waals surface area contributed by atoms with Crippen LogP contribution in [0.1, 0.15) is 34.1 Å². The molecular weight excluding hydrogens is 286 g/mol. The van der Waals surface area contributed by atoms with Crippen molar-refractivity contribution in [3.8, 4) is 11.5 Å². The number of carboxylic acid groups (broad SMARTS) is 1. The first-order valence-electron chi connectivity index (χ1n) is 7.11. The zero-order chi connectivity index (χ0) is 16.7. The van der Waals surface area contributed by atoms with Crippen LogP contribution in [0.25, 0.3) is 0 Å². The highest BCUT2D eigenvalue weighted by Gasteiger charge is 2.33. The van der Waals surface area contributed by atoms with Crippen LogP contribution in [-0.4, -0.2) is 44.3 Å². The van der Waals surface area contributed by atoms with Gasteiger partial charge >= 0.3 is 5.97 Å². The molecule has 0 aliphatic carbocycles. The van der Waals surface area contributed by atoms with Crippen molar-refractivity contribution < 1.29 is 19.4 Å². The molecule has 0 aromatic rings. The lowest BCUT2D eigenvalue weighted by molar-refractivity contribution is -0.142. The minimum absolute atomic E-state index is 0.111. The maximum Gasteiger partial charge on any atom is 0.327 e. The summed E-state index contributed by atoms with van der Waals surface area (Å²) in [7, 11) is -1.76.